The molecule has 0 bridgehead atoms. The first-order valence-corrected chi connectivity index (χ1v) is 41.2. The van der Waals surface area contributed by atoms with Gasteiger partial charge >= 0.3 is 0 Å². The summed E-state index contributed by atoms with van der Waals surface area (Å²) in [5, 5.41) is 11.7. The third kappa shape index (κ3) is 13.3. The Balaban J connectivity index is 0.000000111. The lowest BCUT2D eigenvalue weighted by Gasteiger charge is -2.20. The fraction of sp³-hybridized carbons (Fsp3) is 0. The third-order valence-electron chi connectivity index (χ3n) is 21.9. The molecule has 0 saturated carbocycles. The Bertz CT molecular complexity index is 7310. The molecule has 8 aromatic heterocycles. The topological polar surface area (TPSA) is 147 Å². The highest BCUT2D eigenvalue weighted by molar-refractivity contribution is 7.85. The van der Waals surface area contributed by atoms with E-state index >= 15 is 0 Å². The van der Waals surface area contributed by atoms with Gasteiger partial charge in [-0.25, -0.2) is 34.9 Å². The van der Waals surface area contributed by atoms with E-state index in [0.717, 1.165) is 204 Å². The van der Waals surface area contributed by atoms with Gasteiger partial charge in [0.15, 0.2) is 18.8 Å². The van der Waals surface area contributed by atoms with Crippen molar-refractivity contribution < 1.29 is 17.8 Å². The van der Waals surface area contributed by atoms with E-state index in [0.29, 0.717) is 11.6 Å². The van der Waals surface area contributed by atoms with Crippen molar-refractivity contribution in [3.05, 3.63) is 413 Å². The van der Waals surface area contributed by atoms with Gasteiger partial charge in [0, 0.05) is 98.3 Å². The Hall–Kier alpha value is -15.7. The summed E-state index contributed by atoms with van der Waals surface area (Å²) < 4.78 is 33.8. The van der Waals surface area contributed by atoms with Gasteiger partial charge in [0.05, 0.1) is 72.6 Å². The van der Waals surface area contributed by atoms with Crippen molar-refractivity contribution >= 4 is 122 Å². The van der Waals surface area contributed by atoms with Crippen molar-refractivity contribution in [2.24, 2.45) is 0 Å². The average molecular weight is 1550 g/mol. The molecule has 23 rings (SSSR count). The zero-order chi connectivity index (χ0) is 79.2. The molecule has 8 heterocycles. The van der Waals surface area contributed by atoms with Gasteiger partial charge in [-0.3, -0.25) is 0 Å². The molecule has 0 amide bonds. The maximum atomic E-state index is 14.8. The molecule has 0 fully saturated rings. The van der Waals surface area contributed by atoms with Gasteiger partial charge in [-0.2, -0.15) is 0 Å². The summed E-state index contributed by atoms with van der Waals surface area (Å²) in [7, 11) is -3.04. The van der Waals surface area contributed by atoms with Crippen LogP contribution in [0.1, 0.15) is 0 Å². The molecule has 0 atom stereocenters. The van der Waals surface area contributed by atoms with Crippen molar-refractivity contribution in [1.29, 1.82) is 0 Å². The fourth-order valence-corrected chi connectivity index (χ4v) is 18.8. The molecule has 119 heavy (non-hydrogen) atoms. The normalized spacial score (nSPS) is 11.6. The Morgan fingerprint density at radius 2 is 0.420 bits per heavy atom. The average Bonchev–Trinajstić information content (AvgIpc) is 1.72. The Kier molecular flexibility index (Phi) is 18.3. The second kappa shape index (κ2) is 30.6. The Morgan fingerprint density at radius 3 is 0.748 bits per heavy atom. The Labute approximate surface area is 684 Å². The van der Waals surface area contributed by atoms with Crippen LogP contribution in [0, 0.1) is 0 Å². The minimum Gasteiger partial charge on any atom is -0.455 e. The molecule has 12 heteroatoms. The number of pyridine rings is 3. The molecule has 0 aliphatic heterocycles. The number of aromatic nitrogens is 7. The molecule has 0 spiro atoms. The molecule has 0 aliphatic carbocycles. The third-order valence-corrected chi connectivity index (χ3v) is 25.0. The molecular formula is C107H68N7O4P. The van der Waals surface area contributed by atoms with E-state index < -0.39 is 7.14 Å². The molecule has 23 aromatic rings. The molecule has 15 aromatic carbocycles. The van der Waals surface area contributed by atoms with Gasteiger partial charge in [-0.05, 0) is 66.7 Å². The van der Waals surface area contributed by atoms with Gasteiger partial charge in [0.2, 0.25) is 0 Å². The minimum absolute atomic E-state index is 0.683. The number of nitrogens with zero attached hydrogens (tertiary/aromatic N) is 7. The summed E-state index contributed by atoms with van der Waals surface area (Å²) in [6.45, 7) is 0. The van der Waals surface area contributed by atoms with Gasteiger partial charge in [0.1, 0.15) is 33.5 Å². The second-order valence-corrected chi connectivity index (χ2v) is 32.0. The van der Waals surface area contributed by atoms with E-state index in [1.807, 2.05) is 279 Å². The summed E-state index contributed by atoms with van der Waals surface area (Å²) in [5.74, 6) is 1.39. The zero-order valence-electron chi connectivity index (χ0n) is 64.0. The van der Waals surface area contributed by atoms with Crippen molar-refractivity contribution in [3.8, 4) is 102 Å². The number of fused-ring (bicyclic) bond motifs is 15. The van der Waals surface area contributed by atoms with Crippen LogP contribution >= 0.6 is 7.14 Å². The second-order valence-electron chi connectivity index (χ2n) is 29.2. The lowest BCUT2D eigenvalue weighted by molar-refractivity contribution is 0.592. The van der Waals surface area contributed by atoms with Crippen LogP contribution in [0.15, 0.2) is 426 Å². The summed E-state index contributed by atoms with van der Waals surface area (Å²) in [6, 6.07) is 138. The van der Waals surface area contributed by atoms with Gasteiger partial charge in [-0.1, -0.05) is 346 Å². The summed E-state index contributed by atoms with van der Waals surface area (Å²) in [6.07, 6.45) is 0. The van der Waals surface area contributed by atoms with E-state index in [-0.39, 0.29) is 0 Å². The summed E-state index contributed by atoms with van der Waals surface area (Å²) in [5.41, 5.74) is 23.1. The van der Waals surface area contributed by atoms with Crippen LogP contribution in [0.3, 0.4) is 0 Å². The first kappa shape index (κ1) is 71.1. The largest absolute Gasteiger partial charge is 0.455 e. The molecule has 0 unspecified atom stereocenters. The highest BCUT2D eigenvalue weighted by Crippen LogP contribution is 2.46. The van der Waals surface area contributed by atoms with Crippen LogP contribution in [0.5, 0.6) is 0 Å². The number of benzene rings is 15. The van der Waals surface area contributed by atoms with Crippen LogP contribution in [-0.4, -0.2) is 34.9 Å². The maximum Gasteiger partial charge on any atom is 0.171 e. The van der Waals surface area contributed by atoms with E-state index in [1.165, 1.54) is 0 Å². The van der Waals surface area contributed by atoms with Gasteiger partial charge in [-0.15, -0.1) is 0 Å². The van der Waals surface area contributed by atoms with Crippen molar-refractivity contribution in [3.63, 3.8) is 0 Å². The van der Waals surface area contributed by atoms with E-state index in [1.54, 1.807) is 0 Å². The first-order chi connectivity index (χ1) is 58.9. The van der Waals surface area contributed by atoms with E-state index in [4.69, 9.17) is 48.1 Å². The minimum atomic E-state index is -3.04. The maximum absolute atomic E-state index is 14.8. The van der Waals surface area contributed by atoms with Gasteiger partial charge in [0.25, 0.3) is 0 Å². The highest BCUT2D eigenvalue weighted by atomic mass is 31.2. The molecule has 560 valence electrons. The smallest absolute Gasteiger partial charge is 0.171 e. The number of rotatable bonds is 12. The lowest BCUT2D eigenvalue weighted by atomic mass is 10.00. The monoisotopic (exact) mass is 1550 g/mol. The first-order valence-electron chi connectivity index (χ1n) is 39.5. The molecule has 0 N–H and O–H groups in total. The standard InChI is InChI=1S/2C37H23N3O.C33H22NO2P/c1-3-11-24(12-4-1)31-23-32(40-37(39-31)27-13-5-2-6-14-27)25-19-21-26(22-20-25)35-34-29-16-8-10-18-33(29)41-36(34)28-15-7-9-17-30(28)38-35;1-3-11-24(12-4-1)31-23-32(25-13-5-2-6-14-25)40-37(39-31)27-21-19-26(20-22-27)35-34-29-16-8-10-18-33(29)41-36(34)28-15-7-9-17-30(28)38-35;35-37(24-11-3-1-4-12-24,25-13-5-2-6-14-25)26-21-19-23(20-22-26)32-31-28-16-8-10-18-30(28)36-33(31)27-15-7-9-17-29(27)34-32/h2*1-23H;1-22H. The predicted octanol–water partition coefficient (Wildman–Crippen LogP) is 26.6. The van der Waals surface area contributed by atoms with Crippen LogP contribution in [-0.2, 0) is 4.57 Å². The van der Waals surface area contributed by atoms with Crippen molar-refractivity contribution in [2.75, 3.05) is 0 Å². The summed E-state index contributed by atoms with van der Waals surface area (Å²) in [4.78, 5) is 35.2. The number of hydrogen-bond donors (Lipinski definition) is 0. The predicted molar refractivity (Wildman–Crippen MR) is 487 cm³/mol. The highest BCUT2D eigenvalue weighted by Gasteiger charge is 2.31. The van der Waals surface area contributed by atoms with Crippen LogP contribution in [0.25, 0.3) is 200 Å². The fourth-order valence-electron chi connectivity index (χ4n) is 16.1. The van der Waals surface area contributed by atoms with Gasteiger partial charge < -0.3 is 17.8 Å². The van der Waals surface area contributed by atoms with E-state index in [9.17, 15) is 4.57 Å². The molecule has 0 aliphatic rings. The SMILES string of the molecule is O=P(c1ccccc1)(c1ccccc1)c1ccc(-c2nc3ccccc3c3oc4ccccc4c23)cc1.c1ccc(-c2cc(-c3ccc(-c4nc5ccccc5c5oc6ccccc6c45)cc3)nc(-c3ccccc3)n2)cc1.c1ccc(-c2cc(-c3ccccc3)nc(-c3ccc(-c4nc5ccccc5c5oc6ccccc6c45)cc3)n2)cc1. The lowest BCUT2D eigenvalue weighted by Crippen LogP contribution is -2.24. The quantitative estimate of drug-likeness (QED) is 0.108. The number of para-hydroxylation sites is 6. The van der Waals surface area contributed by atoms with Crippen LogP contribution < -0.4 is 15.9 Å². The van der Waals surface area contributed by atoms with E-state index in [2.05, 4.69) is 133 Å². The molecule has 11 nitrogen and oxygen atoms in total. The zero-order valence-corrected chi connectivity index (χ0v) is 64.9. The molecular weight excluding hydrogens is 1480 g/mol. The number of furan rings is 3. The van der Waals surface area contributed by atoms with Crippen LogP contribution in [0.2, 0.25) is 0 Å². The van der Waals surface area contributed by atoms with Crippen LogP contribution in [0.4, 0.5) is 0 Å². The van der Waals surface area contributed by atoms with Crippen molar-refractivity contribution in [2.45, 2.75) is 0 Å². The Morgan fingerprint density at radius 1 is 0.193 bits per heavy atom. The molecule has 0 saturated heterocycles. The van der Waals surface area contributed by atoms with Crippen molar-refractivity contribution in [1.82, 2.24) is 34.9 Å². The summed E-state index contributed by atoms with van der Waals surface area (Å²) >= 11 is 0. The number of hydrogen-bond acceptors (Lipinski definition) is 11. The molecule has 0 radical (unpaired) electrons.